The molecule has 3 nitrogen and oxygen atoms in total. The van der Waals surface area contributed by atoms with Gasteiger partial charge < -0.3 is 4.90 Å². The van der Waals surface area contributed by atoms with Crippen LogP contribution in [0.5, 0.6) is 0 Å². The van der Waals surface area contributed by atoms with E-state index in [-0.39, 0.29) is 11.2 Å². The quantitative estimate of drug-likeness (QED) is 0.727. The van der Waals surface area contributed by atoms with Crippen LogP contribution in [0.1, 0.15) is 12.0 Å². The van der Waals surface area contributed by atoms with Gasteiger partial charge in [0.25, 0.3) is 0 Å². The Morgan fingerprint density at radius 3 is 2.53 bits per heavy atom. The van der Waals surface area contributed by atoms with Crippen LogP contribution in [0.15, 0.2) is 24.3 Å². The Kier molecular flexibility index (Phi) is 2.65. The molecule has 0 aromatic heterocycles. The summed E-state index contributed by atoms with van der Waals surface area (Å²) in [6.45, 7) is 0.647. The lowest BCUT2D eigenvalue weighted by molar-refractivity contribution is -0.117. The largest absolute Gasteiger partial charge is 0.311 e. The standard InChI is InChI=1S/C11H10N2OS/c12-6-8-1-3-9(4-2-8)13-7-10(15)5-11(13)14/h1-4,10,15H,5,7H2. The van der Waals surface area contributed by atoms with Gasteiger partial charge in [-0.05, 0) is 24.3 Å². The monoisotopic (exact) mass is 218 g/mol. The van der Waals surface area contributed by atoms with Crippen molar-refractivity contribution < 1.29 is 4.79 Å². The fourth-order valence-corrected chi connectivity index (χ4v) is 1.97. The lowest BCUT2D eigenvalue weighted by Gasteiger charge is -2.15. The molecule has 76 valence electrons. The maximum Gasteiger partial charge on any atom is 0.228 e. The van der Waals surface area contributed by atoms with Crippen LogP contribution in [0, 0.1) is 11.3 Å². The van der Waals surface area contributed by atoms with E-state index in [2.05, 4.69) is 12.6 Å². The van der Waals surface area contributed by atoms with E-state index in [1.54, 1.807) is 29.2 Å². The minimum absolute atomic E-state index is 0.0970. The number of anilines is 1. The van der Waals surface area contributed by atoms with Gasteiger partial charge in [0.05, 0.1) is 11.6 Å². The molecule has 0 bridgehead atoms. The van der Waals surface area contributed by atoms with Crippen LogP contribution in [0.25, 0.3) is 0 Å². The molecule has 0 radical (unpaired) electrons. The predicted molar refractivity (Wildman–Crippen MR) is 60.9 cm³/mol. The van der Waals surface area contributed by atoms with E-state index in [4.69, 9.17) is 5.26 Å². The molecule has 1 aliphatic heterocycles. The number of nitriles is 1. The van der Waals surface area contributed by atoms with E-state index in [1.807, 2.05) is 6.07 Å². The smallest absolute Gasteiger partial charge is 0.228 e. The highest BCUT2D eigenvalue weighted by Gasteiger charge is 2.27. The molecule has 2 rings (SSSR count). The molecule has 0 aliphatic carbocycles. The van der Waals surface area contributed by atoms with E-state index < -0.39 is 0 Å². The Bertz CT molecular complexity index is 421. The SMILES string of the molecule is N#Cc1ccc(N2CC(S)CC2=O)cc1. The summed E-state index contributed by atoms with van der Waals surface area (Å²) < 4.78 is 0. The van der Waals surface area contributed by atoms with Crippen molar-refractivity contribution in [2.24, 2.45) is 0 Å². The van der Waals surface area contributed by atoms with Gasteiger partial charge in [-0.1, -0.05) is 0 Å². The van der Waals surface area contributed by atoms with Crippen LogP contribution in [0.4, 0.5) is 5.69 Å². The fourth-order valence-electron chi connectivity index (χ4n) is 1.65. The first-order valence-corrected chi connectivity index (χ1v) is 5.21. The molecule has 1 aromatic carbocycles. The summed E-state index contributed by atoms with van der Waals surface area (Å²) in [5, 5.41) is 8.76. The highest BCUT2D eigenvalue weighted by molar-refractivity contribution is 7.81. The van der Waals surface area contributed by atoms with Crippen molar-refractivity contribution in [2.75, 3.05) is 11.4 Å². The molecule has 1 fully saturated rings. The second-order valence-electron chi connectivity index (χ2n) is 3.52. The molecule has 1 heterocycles. The van der Waals surface area contributed by atoms with Crippen molar-refractivity contribution in [1.82, 2.24) is 0 Å². The van der Waals surface area contributed by atoms with Gasteiger partial charge >= 0.3 is 0 Å². The van der Waals surface area contributed by atoms with E-state index in [0.717, 1.165) is 5.69 Å². The number of carbonyl (C=O) groups is 1. The number of amides is 1. The fraction of sp³-hybridized carbons (Fsp3) is 0.273. The molecular weight excluding hydrogens is 208 g/mol. The number of rotatable bonds is 1. The van der Waals surface area contributed by atoms with Crippen LogP contribution in [-0.2, 0) is 4.79 Å². The number of nitrogens with zero attached hydrogens (tertiary/aromatic N) is 2. The van der Waals surface area contributed by atoms with Crippen LogP contribution in [-0.4, -0.2) is 17.7 Å². The van der Waals surface area contributed by atoms with Crippen molar-refractivity contribution >= 4 is 24.2 Å². The first-order valence-electron chi connectivity index (χ1n) is 4.69. The van der Waals surface area contributed by atoms with Crippen molar-refractivity contribution in [3.05, 3.63) is 29.8 Å². The first-order chi connectivity index (χ1) is 7.20. The second-order valence-corrected chi connectivity index (χ2v) is 4.25. The molecule has 1 unspecified atom stereocenters. The van der Waals surface area contributed by atoms with Crippen LogP contribution >= 0.6 is 12.6 Å². The molecule has 0 N–H and O–H groups in total. The van der Waals surface area contributed by atoms with Gasteiger partial charge in [0.2, 0.25) is 5.91 Å². The molecule has 0 saturated carbocycles. The zero-order chi connectivity index (χ0) is 10.8. The topological polar surface area (TPSA) is 44.1 Å². The van der Waals surface area contributed by atoms with Gasteiger partial charge in [0.15, 0.2) is 0 Å². The molecule has 1 atom stereocenters. The average Bonchev–Trinajstić information content (AvgIpc) is 2.58. The number of thiol groups is 1. The van der Waals surface area contributed by atoms with Gasteiger partial charge in [-0.2, -0.15) is 17.9 Å². The first kappa shape index (κ1) is 10.1. The number of hydrogen-bond donors (Lipinski definition) is 1. The minimum Gasteiger partial charge on any atom is -0.311 e. The summed E-state index contributed by atoms with van der Waals surface area (Å²) in [5.41, 5.74) is 1.45. The Morgan fingerprint density at radius 1 is 1.40 bits per heavy atom. The lowest BCUT2D eigenvalue weighted by atomic mass is 10.2. The van der Waals surface area contributed by atoms with Crippen LogP contribution in [0.2, 0.25) is 0 Å². The molecule has 4 heteroatoms. The maximum absolute atomic E-state index is 11.6. The zero-order valence-electron chi connectivity index (χ0n) is 8.05. The van der Waals surface area contributed by atoms with Crippen molar-refractivity contribution in [2.45, 2.75) is 11.7 Å². The Labute approximate surface area is 93.7 Å². The Morgan fingerprint density at radius 2 is 2.07 bits per heavy atom. The summed E-state index contributed by atoms with van der Waals surface area (Å²) in [6.07, 6.45) is 0.489. The molecular formula is C11H10N2OS. The molecule has 1 amide bonds. The summed E-state index contributed by atoms with van der Waals surface area (Å²) in [6, 6.07) is 9.07. The summed E-state index contributed by atoms with van der Waals surface area (Å²) in [5.74, 6) is 0.0970. The third-order valence-electron chi connectivity index (χ3n) is 2.41. The summed E-state index contributed by atoms with van der Waals surface area (Å²) in [4.78, 5) is 13.3. The minimum atomic E-state index is 0.0970. The predicted octanol–water partition coefficient (Wildman–Crippen LogP) is 1.59. The van der Waals surface area contributed by atoms with E-state index in [0.29, 0.717) is 18.5 Å². The molecule has 1 saturated heterocycles. The number of carbonyl (C=O) groups excluding carboxylic acids is 1. The third-order valence-corrected chi connectivity index (χ3v) is 2.76. The molecule has 15 heavy (non-hydrogen) atoms. The highest BCUT2D eigenvalue weighted by Crippen LogP contribution is 2.23. The van der Waals surface area contributed by atoms with Gasteiger partial charge in [0.1, 0.15) is 0 Å². The van der Waals surface area contributed by atoms with Crippen molar-refractivity contribution in [1.29, 1.82) is 5.26 Å². The normalized spacial score (nSPS) is 20.4. The number of benzene rings is 1. The van der Waals surface area contributed by atoms with E-state index >= 15 is 0 Å². The zero-order valence-corrected chi connectivity index (χ0v) is 8.95. The third kappa shape index (κ3) is 1.97. The summed E-state index contributed by atoms with van der Waals surface area (Å²) in [7, 11) is 0. The molecule has 1 aliphatic rings. The molecule has 1 aromatic rings. The van der Waals surface area contributed by atoms with Gasteiger partial charge in [-0.15, -0.1) is 0 Å². The van der Waals surface area contributed by atoms with Crippen LogP contribution in [0.3, 0.4) is 0 Å². The molecule has 0 spiro atoms. The second kappa shape index (κ2) is 3.95. The van der Waals surface area contributed by atoms with Crippen molar-refractivity contribution in [3.63, 3.8) is 0 Å². The Balaban J connectivity index is 2.23. The van der Waals surface area contributed by atoms with Gasteiger partial charge in [-0.25, -0.2) is 0 Å². The lowest BCUT2D eigenvalue weighted by Crippen LogP contribution is -2.24. The Hall–Kier alpha value is -1.47. The summed E-state index contributed by atoms with van der Waals surface area (Å²) >= 11 is 4.29. The van der Waals surface area contributed by atoms with Gasteiger partial charge in [0, 0.05) is 23.9 Å². The average molecular weight is 218 g/mol. The maximum atomic E-state index is 11.6. The van der Waals surface area contributed by atoms with E-state index in [9.17, 15) is 4.79 Å². The van der Waals surface area contributed by atoms with Crippen molar-refractivity contribution in [3.8, 4) is 6.07 Å². The highest BCUT2D eigenvalue weighted by atomic mass is 32.1. The van der Waals surface area contributed by atoms with E-state index in [1.165, 1.54) is 0 Å². The van der Waals surface area contributed by atoms with Crippen LogP contribution < -0.4 is 4.90 Å². The number of hydrogen-bond acceptors (Lipinski definition) is 3. The van der Waals surface area contributed by atoms with Gasteiger partial charge in [-0.3, -0.25) is 4.79 Å².